The second kappa shape index (κ2) is 10.9. The van der Waals surface area contributed by atoms with Crippen LogP contribution in [0.1, 0.15) is 31.4 Å². The topological polar surface area (TPSA) is 56.9 Å². The lowest BCUT2D eigenvalue weighted by atomic mass is 10.1. The van der Waals surface area contributed by atoms with E-state index < -0.39 is 0 Å². The highest BCUT2D eigenvalue weighted by Gasteiger charge is 2.22. The zero-order valence-electron chi connectivity index (χ0n) is 15.4. The summed E-state index contributed by atoms with van der Waals surface area (Å²) in [5.41, 5.74) is 6.93. The zero-order valence-corrected chi connectivity index (χ0v) is 17.7. The van der Waals surface area contributed by atoms with Crippen LogP contribution >= 0.6 is 24.0 Å². The molecule has 142 valence electrons. The summed E-state index contributed by atoms with van der Waals surface area (Å²) in [7, 11) is 3.93. The molecule has 2 atom stereocenters. The molecule has 25 heavy (non-hydrogen) atoms. The maximum atomic E-state index is 13.5. The summed E-state index contributed by atoms with van der Waals surface area (Å²) in [6.07, 6.45) is 2.46. The first-order valence-corrected chi connectivity index (χ1v) is 8.71. The minimum Gasteiger partial charge on any atom is -0.370 e. The highest BCUT2D eigenvalue weighted by Crippen LogP contribution is 2.19. The average molecular weight is 463 g/mol. The van der Waals surface area contributed by atoms with E-state index in [1.165, 1.54) is 25.5 Å². The normalized spacial score (nSPS) is 19.7. The van der Waals surface area contributed by atoms with Crippen molar-refractivity contribution in [2.45, 2.75) is 31.8 Å². The van der Waals surface area contributed by atoms with Crippen LogP contribution in [0.4, 0.5) is 4.39 Å². The molecule has 3 N–H and O–H groups in total. The molecule has 7 heteroatoms. The Balaban J connectivity index is 0.00000312. The van der Waals surface area contributed by atoms with Gasteiger partial charge in [-0.25, -0.2) is 4.39 Å². The molecule has 2 unspecified atom stereocenters. The van der Waals surface area contributed by atoms with Crippen LogP contribution in [-0.2, 0) is 0 Å². The lowest BCUT2D eigenvalue weighted by molar-refractivity contribution is 0.267. The first-order chi connectivity index (χ1) is 11.5. The number of hydrogen-bond acceptors (Lipinski definition) is 3. The standard InChI is InChI=1S/C18H30FN5.HI/c1-4-24-10-6-9-16(24)12-21-18(20)22-13-17(23(2)3)14-7-5-8-15(19)11-14;/h5,7-8,11,16-17H,4,6,9-10,12-13H2,1-3H3,(H3,20,21,22);1H. The smallest absolute Gasteiger partial charge is 0.188 e. The maximum absolute atomic E-state index is 13.5. The number of likely N-dealkylation sites (N-methyl/N-ethyl adjacent to an activating group) is 2. The highest BCUT2D eigenvalue weighted by molar-refractivity contribution is 14.0. The summed E-state index contributed by atoms with van der Waals surface area (Å²) in [5, 5.41) is 3.24. The van der Waals surface area contributed by atoms with Crippen LogP contribution in [0.15, 0.2) is 29.3 Å². The lowest BCUT2D eigenvalue weighted by Crippen LogP contribution is -2.43. The Labute approximate surface area is 167 Å². The van der Waals surface area contributed by atoms with Gasteiger partial charge in [-0.2, -0.15) is 0 Å². The molecular weight excluding hydrogens is 432 g/mol. The summed E-state index contributed by atoms with van der Waals surface area (Å²) in [4.78, 5) is 8.96. The van der Waals surface area contributed by atoms with Crippen molar-refractivity contribution in [1.29, 1.82) is 0 Å². The van der Waals surface area contributed by atoms with Crippen molar-refractivity contribution in [1.82, 2.24) is 15.1 Å². The van der Waals surface area contributed by atoms with Crippen molar-refractivity contribution in [3.8, 4) is 0 Å². The Morgan fingerprint density at radius 2 is 2.24 bits per heavy atom. The van der Waals surface area contributed by atoms with Crippen molar-refractivity contribution in [2.75, 3.05) is 40.3 Å². The van der Waals surface area contributed by atoms with Gasteiger partial charge in [-0.05, 0) is 57.7 Å². The van der Waals surface area contributed by atoms with Gasteiger partial charge in [-0.1, -0.05) is 19.1 Å². The van der Waals surface area contributed by atoms with E-state index in [2.05, 4.69) is 22.1 Å². The Hall–Kier alpha value is -0.930. The molecule has 0 bridgehead atoms. The number of halogens is 2. The molecule has 1 aliphatic heterocycles. The van der Waals surface area contributed by atoms with Gasteiger partial charge in [0.1, 0.15) is 5.82 Å². The predicted molar refractivity (Wildman–Crippen MR) is 113 cm³/mol. The van der Waals surface area contributed by atoms with Crippen LogP contribution in [-0.4, -0.2) is 62.1 Å². The zero-order chi connectivity index (χ0) is 17.5. The van der Waals surface area contributed by atoms with Crippen LogP contribution in [0.2, 0.25) is 0 Å². The van der Waals surface area contributed by atoms with E-state index in [0.29, 0.717) is 18.5 Å². The van der Waals surface area contributed by atoms with E-state index >= 15 is 0 Å². The van der Waals surface area contributed by atoms with E-state index in [9.17, 15) is 4.39 Å². The number of hydrogen-bond donors (Lipinski definition) is 2. The number of guanidine groups is 1. The highest BCUT2D eigenvalue weighted by atomic mass is 127. The van der Waals surface area contributed by atoms with Gasteiger partial charge in [-0.15, -0.1) is 24.0 Å². The second-order valence-corrected chi connectivity index (χ2v) is 6.57. The van der Waals surface area contributed by atoms with Crippen molar-refractivity contribution in [3.05, 3.63) is 35.6 Å². The number of aliphatic imine (C=N–C) groups is 1. The fraction of sp³-hybridized carbons (Fsp3) is 0.611. The average Bonchev–Trinajstić information content (AvgIpc) is 3.00. The van der Waals surface area contributed by atoms with Gasteiger partial charge in [0.15, 0.2) is 5.96 Å². The number of benzene rings is 1. The second-order valence-electron chi connectivity index (χ2n) is 6.57. The van der Waals surface area contributed by atoms with Gasteiger partial charge in [0.05, 0.1) is 12.6 Å². The van der Waals surface area contributed by atoms with E-state index in [0.717, 1.165) is 18.7 Å². The Kier molecular flexibility index (Phi) is 9.66. The molecule has 1 heterocycles. The van der Waals surface area contributed by atoms with Gasteiger partial charge in [0, 0.05) is 12.6 Å². The Morgan fingerprint density at radius 1 is 1.48 bits per heavy atom. The molecule has 1 aromatic carbocycles. The molecule has 1 saturated heterocycles. The summed E-state index contributed by atoms with van der Waals surface area (Å²) in [6.45, 7) is 5.76. The molecule has 1 aromatic rings. The van der Waals surface area contributed by atoms with Crippen molar-refractivity contribution < 1.29 is 4.39 Å². The molecule has 0 aromatic heterocycles. The molecular formula is C18H31FIN5. The van der Waals surface area contributed by atoms with Crippen molar-refractivity contribution >= 4 is 29.9 Å². The third kappa shape index (κ3) is 6.71. The largest absolute Gasteiger partial charge is 0.370 e. The van der Waals surface area contributed by atoms with Gasteiger partial charge >= 0.3 is 0 Å². The molecule has 0 aliphatic carbocycles. The molecule has 2 rings (SSSR count). The molecule has 0 spiro atoms. The van der Waals surface area contributed by atoms with Gasteiger partial charge in [-0.3, -0.25) is 9.89 Å². The van der Waals surface area contributed by atoms with Crippen LogP contribution < -0.4 is 11.1 Å². The van der Waals surface area contributed by atoms with E-state index in [-0.39, 0.29) is 35.8 Å². The SMILES string of the molecule is CCN1CCCC1CNC(N)=NCC(c1cccc(F)c1)N(C)C.I. The Bertz CT molecular complexity index is 552. The molecule has 1 aliphatic rings. The van der Waals surface area contributed by atoms with Gasteiger partial charge in [0.25, 0.3) is 0 Å². The third-order valence-electron chi connectivity index (χ3n) is 4.72. The van der Waals surface area contributed by atoms with Crippen LogP contribution in [0.3, 0.4) is 0 Å². The summed E-state index contributed by atoms with van der Waals surface area (Å²) >= 11 is 0. The third-order valence-corrected chi connectivity index (χ3v) is 4.72. The van der Waals surface area contributed by atoms with Crippen LogP contribution in [0.5, 0.6) is 0 Å². The Morgan fingerprint density at radius 3 is 2.88 bits per heavy atom. The number of nitrogens with two attached hydrogens (primary N) is 1. The minimum atomic E-state index is -0.227. The maximum Gasteiger partial charge on any atom is 0.188 e. The first kappa shape index (κ1) is 22.1. The van der Waals surface area contributed by atoms with E-state index in [1.54, 1.807) is 12.1 Å². The first-order valence-electron chi connectivity index (χ1n) is 8.71. The number of nitrogens with zero attached hydrogens (tertiary/aromatic N) is 3. The monoisotopic (exact) mass is 463 g/mol. The van der Waals surface area contributed by atoms with Crippen LogP contribution in [0, 0.1) is 5.82 Å². The number of nitrogens with one attached hydrogen (secondary N) is 1. The quantitative estimate of drug-likeness (QED) is 0.371. The summed E-state index contributed by atoms with van der Waals surface area (Å²) in [6, 6.07) is 7.20. The van der Waals surface area contributed by atoms with Crippen LogP contribution in [0.25, 0.3) is 0 Å². The fourth-order valence-electron chi connectivity index (χ4n) is 3.29. The molecule has 0 amide bonds. The number of likely N-dealkylation sites (tertiary alicyclic amines) is 1. The fourth-order valence-corrected chi connectivity index (χ4v) is 3.29. The van der Waals surface area contributed by atoms with Crippen molar-refractivity contribution in [3.63, 3.8) is 0 Å². The van der Waals surface area contributed by atoms with Gasteiger partial charge in [0.2, 0.25) is 0 Å². The summed E-state index contributed by atoms with van der Waals surface area (Å²) in [5.74, 6) is 0.233. The molecule has 1 fully saturated rings. The molecule has 5 nitrogen and oxygen atoms in total. The lowest BCUT2D eigenvalue weighted by Gasteiger charge is -2.24. The van der Waals surface area contributed by atoms with E-state index in [1.807, 2.05) is 25.1 Å². The summed E-state index contributed by atoms with van der Waals surface area (Å²) < 4.78 is 13.5. The minimum absolute atomic E-state index is 0. The van der Waals surface area contributed by atoms with Gasteiger partial charge < -0.3 is 16.0 Å². The number of rotatable bonds is 7. The molecule has 0 saturated carbocycles. The van der Waals surface area contributed by atoms with Crippen molar-refractivity contribution in [2.24, 2.45) is 10.7 Å². The predicted octanol–water partition coefficient (Wildman–Crippen LogP) is 2.44. The molecule has 0 radical (unpaired) electrons. The van der Waals surface area contributed by atoms with E-state index in [4.69, 9.17) is 5.73 Å².